The molecule has 0 spiro atoms. The molecule has 8 nitrogen and oxygen atoms in total. The maximum absolute atomic E-state index is 5.92. The molecule has 0 aliphatic heterocycles. The molecule has 2 aromatic carbocycles. The van der Waals surface area contributed by atoms with Crippen LogP contribution < -0.4 is 9.64 Å². The molecule has 0 aliphatic carbocycles. The first-order valence-electron chi connectivity index (χ1n) is 18.8. The van der Waals surface area contributed by atoms with Gasteiger partial charge in [0.25, 0.3) is 0 Å². The number of anilines is 1. The number of hydrogen-bond donors (Lipinski definition) is 0. The van der Waals surface area contributed by atoms with Crippen LogP contribution >= 0.6 is 0 Å². The van der Waals surface area contributed by atoms with E-state index in [1.807, 2.05) is 117 Å². The standard InChI is InChI=1S/C27H31N3O.2C10H8N2.Ru/c1-30(2)23-12-8-13-24(20-23)31-19-7-5-3-4-6-10-21-16-18-29-27-25(21)15-14-22-11-9-17-28-26(22)27;2*1-3-7-11-9(5-1)10-6-2-4-8-12-10;/h8-9,11-18,20H,3-7,10,19H2,1-2H3;2*1-8H;. The summed E-state index contributed by atoms with van der Waals surface area (Å²) < 4.78 is 5.92. The number of aryl methyl sites for hydroxylation is 1. The third-order valence-electron chi connectivity index (χ3n) is 8.95. The Labute approximate surface area is 342 Å². The molecule has 0 amide bonds. The zero-order chi connectivity index (χ0) is 37.9. The summed E-state index contributed by atoms with van der Waals surface area (Å²) in [6.45, 7) is 0.784. The summed E-state index contributed by atoms with van der Waals surface area (Å²) in [5, 5.41) is 2.39. The van der Waals surface area contributed by atoms with E-state index in [4.69, 9.17) is 4.74 Å². The molecule has 0 saturated carbocycles. The third kappa shape index (κ3) is 12.3. The summed E-state index contributed by atoms with van der Waals surface area (Å²) in [5.74, 6) is 0.956. The van der Waals surface area contributed by atoms with Crippen LogP contribution in [0, 0.1) is 0 Å². The van der Waals surface area contributed by atoms with Crippen LogP contribution in [0.2, 0.25) is 0 Å². The molecule has 8 rings (SSSR count). The second-order valence-corrected chi connectivity index (χ2v) is 13.1. The molecule has 0 aliphatic rings. The van der Waals surface area contributed by atoms with E-state index in [0.29, 0.717) is 0 Å². The van der Waals surface area contributed by atoms with E-state index in [9.17, 15) is 0 Å². The molecule has 0 bridgehead atoms. The smallest absolute Gasteiger partial charge is 0.121 e. The molecule has 8 aromatic rings. The minimum absolute atomic E-state index is 0. The maximum atomic E-state index is 5.92. The van der Waals surface area contributed by atoms with Gasteiger partial charge in [-0.15, -0.1) is 0 Å². The minimum Gasteiger partial charge on any atom is -0.494 e. The van der Waals surface area contributed by atoms with Gasteiger partial charge in [0, 0.05) is 93.3 Å². The SMILES string of the molecule is CN(C)c1cccc(OCCCCCCCc2ccnc3c2ccc2cccnc23)c1.[Ru].c1ccc(-c2ccccn2)nc1.c1ccc(-c2ccccn2)nc1. The maximum Gasteiger partial charge on any atom is 0.121 e. The first-order valence-corrected chi connectivity index (χ1v) is 18.8. The van der Waals surface area contributed by atoms with Gasteiger partial charge >= 0.3 is 0 Å². The van der Waals surface area contributed by atoms with Gasteiger partial charge in [0.15, 0.2) is 0 Å². The Bertz CT molecular complexity index is 2160. The Morgan fingerprint density at radius 3 is 1.59 bits per heavy atom. The van der Waals surface area contributed by atoms with Crippen molar-refractivity contribution in [2.24, 2.45) is 0 Å². The molecule has 0 unspecified atom stereocenters. The van der Waals surface area contributed by atoms with Crippen molar-refractivity contribution >= 4 is 27.5 Å². The fraction of sp³-hybridized carbons (Fsp3) is 0.191. The summed E-state index contributed by atoms with van der Waals surface area (Å²) in [6.07, 6.45) is 17.9. The summed E-state index contributed by atoms with van der Waals surface area (Å²) in [5.41, 5.74) is 8.23. The van der Waals surface area contributed by atoms with E-state index in [-0.39, 0.29) is 19.5 Å². The Balaban J connectivity index is 0.000000195. The average Bonchev–Trinajstić information content (AvgIpc) is 3.26. The molecule has 0 N–H and O–H groups in total. The first kappa shape index (κ1) is 41.3. The van der Waals surface area contributed by atoms with Crippen molar-refractivity contribution < 1.29 is 24.2 Å². The molecule has 0 atom stereocenters. The predicted octanol–water partition coefficient (Wildman–Crippen LogP) is 10.7. The number of unbranched alkanes of at least 4 members (excludes halogenated alkanes) is 4. The Morgan fingerprint density at radius 2 is 1.02 bits per heavy atom. The minimum atomic E-state index is 0. The van der Waals surface area contributed by atoms with E-state index < -0.39 is 0 Å². The van der Waals surface area contributed by atoms with Crippen LogP contribution in [0.1, 0.15) is 37.7 Å². The van der Waals surface area contributed by atoms with Crippen LogP contribution in [0.4, 0.5) is 5.69 Å². The molecule has 6 aromatic heterocycles. The molecule has 0 radical (unpaired) electrons. The average molecular weight is 827 g/mol. The van der Waals surface area contributed by atoms with Gasteiger partial charge in [0.2, 0.25) is 0 Å². The second kappa shape index (κ2) is 22.5. The van der Waals surface area contributed by atoms with Gasteiger partial charge in [-0.1, -0.05) is 67.8 Å². The summed E-state index contributed by atoms with van der Waals surface area (Å²) in [7, 11) is 4.10. The largest absolute Gasteiger partial charge is 0.494 e. The van der Waals surface area contributed by atoms with Crippen LogP contribution in [0.15, 0.2) is 165 Å². The van der Waals surface area contributed by atoms with Gasteiger partial charge in [0.05, 0.1) is 40.4 Å². The van der Waals surface area contributed by atoms with Crippen molar-refractivity contribution in [1.82, 2.24) is 29.9 Å². The van der Waals surface area contributed by atoms with Crippen molar-refractivity contribution in [3.8, 4) is 28.5 Å². The van der Waals surface area contributed by atoms with Gasteiger partial charge in [-0.25, -0.2) is 0 Å². The number of ether oxygens (including phenoxy) is 1. The molecule has 56 heavy (non-hydrogen) atoms. The van der Waals surface area contributed by atoms with Crippen molar-refractivity contribution in [2.45, 2.75) is 38.5 Å². The van der Waals surface area contributed by atoms with Crippen molar-refractivity contribution in [3.63, 3.8) is 0 Å². The van der Waals surface area contributed by atoms with Gasteiger partial charge in [-0.2, -0.15) is 0 Å². The Hall–Kier alpha value is -5.92. The van der Waals surface area contributed by atoms with Crippen LogP contribution in [-0.2, 0) is 25.9 Å². The number of benzene rings is 2. The zero-order valence-electron chi connectivity index (χ0n) is 31.9. The topological polar surface area (TPSA) is 89.8 Å². The normalized spacial score (nSPS) is 10.3. The fourth-order valence-electron chi connectivity index (χ4n) is 6.08. The second-order valence-electron chi connectivity index (χ2n) is 13.1. The fourth-order valence-corrected chi connectivity index (χ4v) is 6.08. The van der Waals surface area contributed by atoms with Gasteiger partial charge < -0.3 is 9.64 Å². The molecule has 6 heterocycles. The number of rotatable bonds is 12. The summed E-state index contributed by atoms with van der Waals surface area (Å²) in [6, 6.07) is 42.0. The van der Waals surface area contributed by atoms with Crippen LogP contribution in [0.5, 0.6) is 5.75 Å². The van der Waals surface area contributed by atoms with Gasteiger partial charge in [-0.05, 0) is 97.6 Å². The molecule has 9 heteroatoms. The van der Waals surface area contributed by atoms with Crippen LogP contribution in [0.3, 0.4) is 0 Å². The van der Waals surface area contributed by atoms with E-state index in [2.05, 4.69) is 71.2 Å². The van der Waals surface area contributed by atoms with E-state index in [1.165, 1.54) is 42.3 Å². The van der Waals surface area contributed by atoms with E-state index >= 15 is 0 Å². The monoisotopic (exact) mass is 827 g/mol. The Morgan fingerprint density at radius 1 is 0.464 bits per heavy atom. The zero-order valence-corrected chi connectivity index (χ0v) is 33.7. The number of hydrogen-bond acceptors (Lipinski definition) is 8. The van der Waals surface area contributed by atoms with E-state index in [0.717, 1.165) is 64.4 Å². The third-order valence-corrected chi connectivity index (χ3v) is 8.95. The Kier molecular flexibility index (Phi) is 16.5. The van der Waals surface area contributed by atoms with Crippen molar-refractivity contribution in [3.05, 3.63) is 170 Å². The number of nitrogens with zero attached hydrogens (tertiary/aromatic N) is 7. The van der Waals surface area contributed by atoms with Gasteiger partial charge in [0.1, 0.15) is 5.75 Å². The van der Waals surface area contributed by atoms with Crippen LogP contribution in [0.25, 0.3) is 44.6 Å². The molecule has 0 fully saturated rings. The van der Waals surface area contributed by atoms with Crippen LogP contribution in [-0.4, -0.2) is 50.6 Å². The quantitative estimate of drug-likeness (QED) is 0.0683. The van der Waals surface area contributed by atoms with Gasteiger partial charge in [-0.3, -0.25) is 29.9 Å². The summed E-state index contributed by atoms with van der Waals surface area (Å²) >= 11 is 0. The first-order chi connectivity index (χ1) is 27.2. The van der Waals surface area contributed by atoms with Crippen molar-refractivity contribution in [2.75, 3.05) is 25.6 Å². The molecular formula is C47H47N7ORu. The molecule has 284 valence electrons. The molecular weight excluding hydrogens is 780 g/mol. The number of fused-ring (bicyclic) bond motifs is 3. The van der Waals surface area contributed by atoms with E-state index in [1.54, 1.807) is 24.8 Å². The molecule has 0 saturated heterocycles. The number of pyridine rings is 6. The van der Waals surface area contributed by atoms with Crippen molar-refractivity contribution in [1.29, 1.82) is 0 Å². The predicted molar refractivity (Wildman–Crippen MR) is 225 cm³/mol. The summed E-state index contributed by atoms with van der Waals surface area (Å²) in [4.78, 5) is 28.0. The number of aromatic nitrogens is 6.